The number of hydrazone groups is 1. The number of nitrogens with one attached hydrogen (secondary N) is 1. The van der Waals surface area contributed by atoms with Crippen LogP contribution in [-0.2, 0) is 4.79 Å². The predicted molar refractivity (Wildman–Crippen MR) is 120 cm³/mol. The van der Waals surface area contributed by atoms with Crippen LogP contribution in [0.15, 0.2) is 58.5 Å². The average molecular weight is 409 g/mol. The van der Waals surface area contributed by atoms with Crippen LogP contribution in [0.25, 0.3) is 10.9 Å². The Morgan fingerprint density at radius 2 is 1.97 bits per heavy atom. The molecular formula is C22H24N4O2S. The predicted octanol–water partition coefficient (Wildman–Crippen LogP) is 3.86. The molecule has 0 bridgehead atoms. The largest absolute Gasteiger partial charge is 0.497 e. The first-order valence-electron chi connectivity index (χ1n) is 9.14. The van der Waals surface area contributed by atoms with E-state index in [1.807, 2.05) is 74.4 Å². The number of aryl methyl sites for hydroxylation is 1. The summed E-state index contributed by atoms with van der Waals surface area (Å²) in [7, 11) is 5.62. The maximum Gasteiger partial charge on any atom is 0.250 e. The van der Waals surface area contributed by atoms with Gasteiger partial charge in [0, 0.05) is 35.8 Å². The van der Waals surface area contributed by atoms with Crippen molar-refractivity contribution in [2.75, 3.05) is 31.9 Å². The summed E-state index contributed by atoms with van der Waals surface area (Å²) in [5, 5.41) is 5.02. The SMILES string of the molecule is COc1ccc2nc(C)cc(SCC(=O)N/N=C\c3ccc(N(C)C)cc3)c2c1. The van der Waals surface area contributed by atoms with Gasteiger partial charge in [-0.2, -0.15) is 5.10 Å². The van der Waals surface area contributed by atoms with Crippen molar-refractivity contribution in [3.05, 3.63) is 59.8 Å². The number of ether oxygens (including phenoxy) is 1. The zero-order valence-corrected chi connectivity index (χ0v) is 17.8. The number of amides is 1. The molecule has 1 N–H and O–H groups in total. The first-order chi connectivity index (χ1) is 14.0. The van der Waals surface area contributed by atoms with Crippen LogP contribution in [0.3, 0.4) is 0 Å². The number of rotatable bonds is 7. The quantitative estimate of drug-likeness (QED) is 0.365. The van der Waals surface area contributed by atoms with E-state index < -0.39 is 0 Å². The molecule has 0 spiro atoms. The summed E-state index contributed by atoms with van der Waals surface area (Å²) in [6.07, 6.45) is 1.64. The molecule has 0 unspecified atom stereocenters. The molecule has 0 fully saturated rings. The summed E-state index contributed by atoms with van der Waals surface area (Å²) in [6, 6.07) is 15.7. The average Bonchev–Trinajstić information content (AvgIpc) is 2.72. The number of pyridine rings is 1. The lowest BCUT2D eigenvalue weighted by molar-refractivity contribution is -0.118. The van der Waals surface area contributed by atoms with Crippen LogP contribution in [0.5, 0.6) is 5.75 Å². The van der Waals surface area contributed by atoms with Crippen LogP contribution in [0.1, 0.15) is 11.3 Å². The minimum absolute atomic E-state index is 0.165. The van der Waals surface area contributed by atoms with Crippen LogP contribution in [-0.4, -0.2) is 44.1 Å². The van der Waals surface area contributed by atoms with Crippen molar-refractivity contribution in [3.8, 4) is 5.75 Å². The molecule has 0 saturated heterocycles. The second-order valence-electron chi connectivity index (χ2n) is 6.71. The third kappa shape index (κ3) is 5.48. The molecule has 1 heterocycles. The molecule has 0 atom stereocenters. The van der Waals surface area contributed by atoms with E-state index in [-0.39, 0.29) is 11.7 Å². The molecular weight excluding hydrogens is 384 g/mol. The third-order valence-electron chi connectivity index (χ3n) is 4.28. The molecule has 0 radical (unpaired) electrons. The van der Waals surface area contributed by atoms with Crippen LogP contribution >= 0.6 is 11.8 Å². The van der Waals surface area contributed by atoms with Crippen LogP contribution in [0, 0.1) is 6.92 Å². The normalized spacial score (nSPS) is 11.0. The Labute approximate surface area is 175 Å². The molecule has 1 aromatic heterocycles. The Morgan fingerprint density at radius 1 is 1.21 bits per heavy atom. The summed E-state index contributed by atoms with van der Waals surface area (Å²) in [5.41, 5.74) is 6.41. The molecule has 7 heteroatoms. The van der Waals surface area contributed by atoms with Gasteiger partial charge in [-0.1, -0.05) is 12.1 Å². The minimum Gasteiger partial charge on any atom is -0.497 e. The van der Waals surface area contributed by atoms with Gasteiger partial charge in [0.1, 0.15) is 5.75 Å². The fourth-order valence-corrected chi connectivity index (χ4v) is 3.68. The van der Waals surface area contributed by atoms with Gasteiger partial charge in [0.25, 0.3) is 0 Å². The van der Waals surface area contributed by atoms with Gasteiger partial charge in [0.05, 0.1) is 24.6 Å². The number of carbonyl (C=O) groups is 1. The summed E-state index contributed by atoms with van der Waals surface area (Å²) in [6.45, 7) is 1.94. The van der Waals surface area contributed by atoms with E-state index in [2.05, 4.69) is 15.5 Å². The molecule has 3 aromatic rings. The molecule has 150 valence electrons. The van der Waals surface area contributed by atoms with E-state index >= 15 is 0 Å². The molecule has 0 aliphatic carbocycles. The number of benzene rings is 2. The van der Waals surface area contributed by atoms with Crippen molar-refractivity contribution >= 4 is 40.5 Å². The molecule has 29 heavy (non-hydrogen) atoms. The fraction of sp³-hybridized carbons (Fsp3) is 0.227. The number of aromatic nitrogens is 1. The van der Waals surface area contributed by atoms with E-state index in [0.29, 0.717) is 0 Å². The molecule has 6 nitrogen and oxygen atoms in total. The van der Waals surface area contributed by atoms with Gasteiger partial charge in [0.15, 0.2) is 0 Å². The number of anilines is 1. The second kappa shape index (κ2) is 9.43. The standard InChI is InChI=1S/C22H24N4O2S/c1-15-11-21(19-12-18(28-4)9-10-20(19)24-15)29-14-22(27)25-23-13-16-5-7-17(8-6-16)26(2)3/h5-13H,14H2,1-4H3,(H,25,27)/b23-13-. The van der Waals surface area contributed by atoms with Gasteiger partial charge in [-0.25, -0.2) is 5.43 Å². The highest BCUT2D eigenvalue weighted by molar-refractivity contribution is 8.00. The lowest BCUT2D eigenvalue weighted by Gasteiger charge is -2.11. The number of hydrogen-bond donors (Lipinski definition) is 1. The highest BCUT2D eigenvalue weighted by Crippen LogP contribution is 2.30. The number of nitrogens with zero attached hydrogens (tertiary/aromatic N) is 3. The highest BCUT2D eigenvalue weighted by atomic mass is 32.2. The summed E-state index contributed by atoms with van der Waals surface area (Å²) >= 11 is 1.46. The molecule has 0 aliphatic heterocycles. The maximum absolute atomic E-state index is 12.2. The van der Waals surface area contributed by atoms with E-state index in [9.17, 15) is 4.79 Å². The van der Waals surface area contributed by atoms with Gasteiger partial charge in [-0.3, -0.25) is 9.78 Å². The van der Waals surface area contributed by atoms with Crippen molar-refractivity contribution in [1.82, 2.24) is 10.4 Å². The van der Waals surface area contributed by atoms with Crippen molar-refractivity contribution in [1.29, 1.82) is 0 Å². The molecule has 0 aliphatic rings. The van der Waals surface area contributed by atoms with Gasteiger partial charge in [-0.15, -0.1) is 11.8 Å². The molecule has 2 aromatic carbocycles. The van der Waals surface area contributed by atoms with Crippen molar-refractivity contribution in [2.45, 2.75) is 11.8 Å². The monoisotopic (exact) mass is 408 g/mol. The molecule has 3 rings (SSSR count). The first-order valence-corrected chi connectivity index (χ1v) is 10.1. The number of methoxy groups -OCH3 is 1. The Hall–Kier alpha value is -3.06. The van der Waals surface area contributed by atoms with Crippen LogP contribution in [0.4, 0.5) is 5.69 Å². The Balaban J connectivity index is 1.62. The topological polar surface area (TPSA) is 66.8 Å². The smallest absolute Gasteiger partial charge is 0.250 e. The van der Waals surface area contributed by atoms with E-state index in [1.165, 1.54) is 11.8 Å². The van der Waals surface area contributed by atoms with E-state index in [4.69, 9.17) is 4.74 Å². The van der Waals surface area contributed by atoms with Crippen molar-refractivity contribution in [2.24, 2.45) is 5.10 Å². The van der Waals surface area contributed by atoms with E-state index in [0.717, 1.165) is 38.5 Å². The van der Waals surface area contributed by atoms with Gasteiger partial charge in [-0.05, 0) is 48.9 Å². The first kappa shape index (κ1) is 20.7. The number of hydrogen-bond acceptors (Lipinski definition) is 6. The Kier molecular flexibility index (Phi) is 6.72. The minimum atomic E-state index is -0.165. The molecule has 1 amide bonds. The zero-order valence-electron chi connectivity index (χ0n) is 17.0. The lowest BCUT2D eigenvalue weighted by Crippen LogP contribution is -2.19. The maximum atomic E-state index is 12.2. The number of fused-ring (bicyclic) bond motifs is 1. The zero-order chi connectivity index (χ0) is 20.8. The van der Waals surface area contributed by atoms with Gasteiger partial charge in [0.2, 0.25) is 5.91 Å². The fourth-order valence-electron chi connectivity index (χ4n) is 2.76. The summed E-state index contributed by atoms with van der Waals surface area (Å²) in [4.78, 5) is 19.8. The molecule has 0 saturated carbocycles. The highest BCUT2D eigenvalue weighted by Gasteiger charge is 2.09. The van der Waals surface area contributed by atoms with Crippen LogP contribution in [0.2, 0.25) is 0 Å². The van der Waals surface area contributed by atoms with Crippen LogP contribution < -0.4 is 15.1 Å². The Morgan fingerprint density at radius 3 is 2.66 bits per heavy atom. The second-order valence-corrected chi connectivity index (χ2v) is 7.73. The number of carbonyl (C=O) groups excluding carboxylic acids is 1. The van der Waals surface area contributed by atoms with Gasteiger partial charge >= 0.3 is 0 Å². The lowest BCUT2D eigenvalue weighted by atomic mass is 10.2. The van der Waals surface area contributed by atoms with Gasteiger partial charge < -0.3 is 9.64 Å². The van der Waals surface area contributed by atoms with E-state index in [1.54, 1.807) is 13.3 Å². The summed E-state index contributed by atoms with van der Waals surface area (Å²) < 4.78 is 5.31. The number of thioether (sulfide) groups is 1. The Bertz CT molecular complexity index is 1030. The third-order valence-corrected chi connectivity index (χ3v) is 5.33. The summed E-state index contributed by atoms with van der Waals surface area (Å²) in [5.74, 6) is 0.855. The van der Waals surface area contributed by atoms with Crippen molar-refractivity contribution < 1.29 is 9.53 Å². The van der Waals surface area contributed by atoms with Crippen molar-refractivity contribution in [3.63, 3.8) is 0 Å².